The molecule has 1 aromatic heterocycles. The smallest absolute Gasteiger partial charge is 0.417 e. The maximum absolute atomic E-state index is 13.5. The zero-order valence-electron chi connectivity index (χ0n) is 13.5. The molecule has 0 saturated heterocycles. The first-order valence-corrected chi connectivity index (χ1v) is 8.03. The van der Waals surface area contributed by atoms with Crippen LogP contribution >= 0.6 is 11.6 Å². The Kier molecular flexibility index (Phi) is 4.81. The fourth-order valence-electron chi connectivity index (χ4n) is 2.84. The molecule has 1 amide bonds. The lowest BCUT2D eigenvalue weighted by Crippen LogP contribution is -2.37. The molecule has 0 spiro atoms. The number of carboxylic acid groups (broad SMARTS) is 1. The summed E-state index contributed by atoms with van der Waals surface area (Å²) in [6.45, 7) is -0.0123. The van der Waals surface area contributed by atoms with Crippen molar-refractivity contribution in [1.29, 1.82) is 0 Å². The molecule has 0 unspecified atom stereocenters. The molecule has 0 bridgehead atoms. The molecule has 0 radical (unpaired) electrons. The van der Waals surface area contributed by atoms with Crippen LogP contribution in [0.3, 0.4) is 0 Å². The minimum Gasteiger partial charge on any atom is -0.477 e. The van der Waals surface area contributed by atoms with Gasteiger partial charge in [-0.05, 0) is 23.8 Å². The van der Waals surface area contributed by atoms with Crippen molar-refractivity contribution in [2.45, 2.75) is 19.1 Å². The van der Waals surface area contributed by atoms with Gasteiger partial charge in [0.05, 0.1) is 16.1 Å². The molecule has 0 fully saturated rings. The summed E-state index contributed by atoms with van der Waals surface area (Å²) in [7, 11) is 0. The van der Waals surface area contributed by atoms with Crippen molar-refractivity contribution in [3.05, 3.63) is 63.2 Å². The van der Waals surface area contributed by atoms with E-state index in [1.165, 1.54) is 12.1 Å². The van der Waals surface area contributed by atoms with E-state index in [0.29, 0.717) is 17.3 Å². The number of hydrogen-bond acceptors (Lipinski definition) is 3. The van der Waals surface area contributed by atoms with Crippen LogP contribution in [0.4, 0.5) is 17.6 Å². The first-order valence-electron chi connectivity index (χ1n) is 7.65. The second-order valence-corrected chi connectivity index (χ2v) is 6.30. The number of aromatic carboxylic acids is 1. The number of hydrogen-bond donors (Lipinski definition) is 1. The summed E-state index contributed by atoms with van der Waals surface area (Å²) in [5.74, 6) is -3.42. The van der Waals surface area contributed by atoms with Gasteiger partial charge in [-0.25, -0.2) is 14.2 Å². The first kappa shape index (κ1) is 19.1. The van der Waals surface area contributed by atoms with Gasteiger partial charge in [0, 0.05) is 25.2 Å². The van der Waals surface area contributed by atoms with E-state index >= 15 is 0 Å². The van der Waals surface area contributed by atoms with E-state index in [9.17, 15) is 27.2 Å². The Morgan fingerprint density at radius 2 is 1.93 bits per heavy atom. The van der Waals surface area contributed by atoms with Crippen molar-refractivity contribution in [3.63, 3.8) is 0 Å². The van der Waals surface area contributed by atoms with E-state index in [4.69, 9.17) is 16.7 Å². The number of alkyl halides is 3. The minimum absolute atomic E-state index is 0.0359. The summed E-state index contributed by atoms with van der Waals surface area (Å²) in [6.07, 6.45) is -4.75. The number of fused-ring (bicyclic) bond motifs is 1. The molecule has 0 aliphatic carbocycles. The van der Waals surface area contributed by atoms with Crippen LogP contribution < -0.4 is 0 Å². The first-order chi connectivity index (χ1) is 12.6. The van der Waals surface area contributed by atoms with Gasteiger partial charge in [0.1, 0.15) is 11.5 Å². The number of carbonyl (C=O) groups is 2. The Labute approximate surface area is 155 Å². The van der Waals surface area contributed by atoms with Crippen LogP contribution in [0.2, 0.25) is 5.02 Å². The van der Waals surface area contributed by atoms with Crippen LogP contribution in [0.25, 0.3) is 0 Å². The number of halogens is 5. The minimum atomic E-state index is -4.93. The second-order valence-electron chi connectivity index (χ2n) is 5.89. The van der Waals surface area contributed by atoms with Gasteiger partial charge in [0.2, 0.25) is 0 Å². The Morgan fingerprint density at radius 3 is 2.56 bits per heavy atom. The SMILES string of the molecule is O=C(O)c1ccc2c(n1)CCN(C(=O)c1cc(Cl)c(F)cc1C(F)(F)F)C2. The van der Waals surface area contributed by atoms with E-state index in [1.54, 1.807) is 0 Å². The molecular weight excluding hydrogens is 392 g/mol. The fourth-order valence-corrected chi connectivity index (χ4v) is 3.00. The topological polar surface area (TPSA) is 70.5 Å². The highest BCUT2D eigenvalue weighted by Crippen LogP contribution is 2.35. The molecule has 2 heterocycles. The zero-order valence-corrected chi connectivity index (χ0v) is 14.2. The molecular formula is C17H11ClF4N2O3. The third kappa shape index (κ3) is 3.73. The number of carbonyl (C=O) groups excluding carboxylic acids is 1. The summed E-state index contributed by atoms with van der Waals surface area (Å²) in [4.78, 5) is 28.7. The van der Waals surface area contributed by atoms with Gasteiger partial charge in [0.25, 0.3) is 5.91 Å². The molecule has 142 valence electrons. The number of nitrogens with zero attached hydrogens (tertiary/aromatic N) is 2. The summed E-state index contributed by atoms with van der Waals surface area (Å²) in [5, 5.41) is 8.37. The molecule has 1 aliphatic rings. The normalized spacial score (nSPS) is 14.0. The lowest BCUT2D eigenvalue weighted by Gasteiger charge is -2.29. The van der Waals surface area contributed by atoms with Crippen LogP contribution in [-0.4, -0.2) is 33.4 Å². The third-order valence-corrected chi connectivity index (χ3v) is 4.44. The van der Waals surface area contributed by atoms with Gasteiger partial charge in [-0.1, -0.05) is 17.7 Å². The van der Waals surface area contributed by atoms with Crippen LogP contribution in [-0.2, 0) is 19.1 Å². The molecule has 2 aromatic rings. The lowest BCUT2D eigenvalue weighted by molar-refractivity contribution is -0.138. The van der Waals surface area contributed by atoms with Crippen LogP contribution in [0.5, 0.6) is 0 Å². The number of amides is 1. The Morgan fingerprint density at radius 1 is 1.22 bits per heavy atom. The van der Waals surface area contributed by atoms with Crippen molar-refractivity contribution in [2.75, 3.05) is 6.54 Å². The van der Waals surface area contributed by atoms with Crippen molar-refractivity contribution in [1.82, 2.24) is 9.88 Å². The molecule has 1 aromatic carbocycles. The molecule has 0 saturated carbocycles. The quantitative estimate of drug-likeness (QED) is 0.776. The average molecular weight is 403 g/mol. The standard InChI is InChI=1S/C17H11ClF4N2O3/c18-11-5-9(10(6-12(11)19)17(20,21)22)15(25)24-4-3-13-8(7-24)1-2-14(23-13)16(26)27/h1-2,5-6H,3-4,7H2,(H,26,27). The Bertz CT molecular complexity index is 947. The third-order valence-electron chi connectivity index (χ3n) is 4.15. The summed E-state index contributed by atoms with van der Waals surface area (Å²) in [5.41, 5.74) is -1.31. The van der Waals surface area contributed by atoms with Crippen molar-refractivity contribution < 1.29 is 32.3 Å². The molecule has 5 nitrogen and oxygen atoms in total. The summed E-state index contributed by atoms with van der Waals surface area (Å²) < 4.78 is 53.1. The number of carboxylic acids is 1. The van der Waals surface area contributed by atoms with Crippen LogP contribution in [0.1, 0.15) is 37.7 Å². The highest BCUT2D eigenvalue weighted by Gasteiger charge is 2.38. The van der Waals surface area contributed by atoms with E-state index < -0.39 is 40.0 Å². The van der Waals surface area contributed by atoms with Crippen LogP contribution in [0.15, 0.2) is 24.3 Å². The second kappa shape index (κ2) is 6.80. The number of aromatic nitrogens is 1. The molecule has 27 heavy (non-hydrogen) atoms. The maximum atomic E-state index is 13.5. The average Bonchev–Trinajstić information content (AvgIpc) is 2.61. The van der Waals surface area contributed by atoms with Gasteiger partial charge in [0.15, 0.2) is 0 Å². The lowest BCUT2D eigenvalue weighted by atomic mass is 10.0. The molecule has 3 rings (SSSR count). The number of benzene rings is 1. The van der Waals surface area contributed by atoms with Crippen LogP contribution in [0, 0.1) is 5.82 Å². The summed E-state index contributed by atoms with van der Waals surface area (Å²) in [6, 6.07) is 3.59. The van der Waals surface area contributed by atoms with Crippen molar-refractivity contribution in [2.24, 2.45) is 0 Å². The van der Waals surface area contributed by atoms with E-state index in [0.717, 1.165) is 4.90 Å². The van der Waals surface area contributed by atoms with Gasteiger partial charge < -0.3 is 10.0 Å². The monoisotopic (exact) mass is 402 g/mol. The molecule has 10 heteroatoms. The van der Waals surface area contributed by atoms with E-state index in [1.807, 2.05) is 0 Å². The summed E-state index contributed by atoms with van der Waals surface area (Å²) >= 11 is 5.57. The Balaban J connectivity index is 1.94. The predicted molar refractivity (Wildman–Crippen MR) is 86.1 cm³/mol. The highest BCUT2D eigenvalue weighted by molar-refractivity contribution is 6.31. The fraction of sp³-hybridized carbons (Fsp3) is 0.235. The molecule has 1 N–H and O–H groups in total. The largest absolute Gasteiger partial charge is 0.477 e. The number of pyridine rings is 1. The van der Waals surface area contributed by atoms with Crippen molar-refractivity contribution >= 4 is 23.5 Å². The van der Waals surface area contributed by atoms with Crippen molar-refractivity contribution in [3.8, 4) is 0 Å². The van der Waals surface area contributed by atoms with E-state index in [-0.39, 0.29) is 31.3 Å². The maximum Gasteiger partial charge on any atom is 0.417 e. The molecule has 0 atom stereocenters. The highest BCUT2D eigenvalue weighted by atomic mass is 35.5. The van der Waals surface area contributed by atoms with Gasteiger partial charge in [-0.15, -0.1) is 0 Å². The zero-order chi connectivity index (χ0) is 19.9. The predicted octanol–water partition coefficient (Wildman–Crippen LogP) is 3.79. The Hall–Kier alpha value is -2.68. The van der Waals surface area contributed by atoms with Gasteiger partial charge in [-0.2, -0.15) is 13.2 Å². The van der Waals surface area contributed by atoms with E-state index in [2.05, 4.69) is 4.98 Å². The van der Waals surface area contributed by atoms with Gasteiger partial charge in [-0.3, -0.25) is 4.79 Å². The molecule has 1 aliphatic heterocycles. The van der Waals surface area contributed by atoms with Gasteiger partial charge >= 0.3 is 12.1 Å². The number of rotatable bonds is 2.